The highest BCUT2D eigenvalue weighted by Gasteiger charge is 2.20. The highest BCUT2D eigenvalue weighted by Crippen LogP contribution is 2.26. The average molecular weight is 391 g/mol. The van der Waals surface area contributed by atoms with Crippen molar-refractivity contribution in [1.82, 2.24) is 0 Å². The van der Waals surface area contributed by atoms with Gasteiger partial charge in [-0.15, -0.1) is 0 Å². The number of aromatic carboxylic acids is 1. The van der Waals surface area contributed by atoms with E-state index >= 15 is 0 Å². The van der Waals surface area contributed by atoms with Gasteiger partial charge in [-0.3, -0.25) is 4.72 Å². The van der Waals surface area contributed by atoms with E-state index in [2.05, 4.69) is 20.7 Å². The van der Waals surface area contributed by atoms with Crippen molar-refractivity contribution < 1.29 is 18.3 Å². The van der Waals surface area contributed by atoms with Gasteiger partial charge in [0.2, 0.25) is 0 Å². The van der Waals surface area contributed by atoms with Crippen LogP contribution in [0, 0.1) is 0 Å². The first-order chi connectivity index (χ1) is 9.79. The monoisotopic (exact) mass is 389 g/mol. The van der Waals surface area contributed by atoms with Gasteiger partial charge in [0.1, 0.15) is 4.90 Å². The standard InChI is InChI=1S/C13H9BrClNO4S/c14-11-6-1-8(13(17)18)7-12(11)21(19,20)16-10-4-2-9(15)3-5-10/h1-7,16H,(H,17,18). The van der Waals surface area contributed by atoms with Crippen LogP contribution in [0.25, 0.3) is 0 Å². The second-order valence-corrected chi connectivity index (χ2v) is 7.00. The average Bonchev–Trinajstić information content (AvgIpc) is 2.41. The lowest BCUT2D eigenvalue weighted by atomic mass is 10.2. The minimum Gasteiger partial charge on any atom is -0.478 e. The molecule has 0 spiro atoms. The lowest BCUT2D eigenvalue weighted by Crippen LogP contribution is -2.14. The fraction of sp³-hybridized carbons (Fsp3) is 0. The maximum Gasteiger partial charge on any atom is 0.335 e. The van der Waals surface area contributed by atoms with Gasteiger partial charge in [-0.05, 0) is 58.4 Å². The van der Waals surface area contributed by atoms with Gasteiger partial charge in [0.25, 0.3) is 10.0 Å². The van der Waals surface area contributed by atoms with Crippen LogP contribution in [0.1, 0.15) is 10.4 Å². The summed E-state index contributed by atoms with van der Waals surface area (Å²) in [6.45, 7) is 0. The molecule has 0 atom stereocenters. The summed E-state index contributed by atoms with van der Waals surface area (Å²) in [4.78, 5) is 10.8. The fourth-order valence-corrected chi connectivity index (χ4v) is 3.75. The zero-order valence-electron chi connectivity index (χ0n) is 10.4. The van der Waals surface area contributed by atoms with Crippen molar-refractivity contribution in [2.75, 3.05) is 4.72 Å². The maximum absolute atomic E-state index is 12.3. The van der Waals surface area contributed by atoms with Gasteiger partial charge in [0.05, 0.1) is 5.56 Å². The topological polar surface area (TPSA) is 83.5 Å². The van der Waals surface area contributed by atoms with E-state index in [9.17, 15) is 13.2 Å². The summed E-state index contributed by atoms with van der Waals surface area (Å²) >= 11 is 8.84. The SMILES string of the molecule is O=C(O)c1ccc(Br)c(S(=O)(=O)Nc2ccc(Cl)cc2)c1. The molecule has 2 aromatic rings. The van der Waals surface area contributed by atoms with Gasteiger partial charge in [-0.1, -0.05) is 11.6 Å². The minimum absolute atomic E-state index is 0.116. The Morgan fingerprint density at radius 3 is 2.33 bits per heavy atom. The number of hydrogen-bond donors (Lipinski definition) is 2. The number of carboxylic acids is 1. The number of carbonyl (C=O) groups is 1. The molecule has 21 heavy (non-hydrogen) atoms. The first kappa shape index (κ1) is 15.8. The number of hydrogen-bond acceptors (Lipinski definition) is 3. The Kier molecular flexibility index (Phi) is 4.55. The van der Waals surface area contributed by atoms with Crippen molar-refractivity contribution in [2.45, 2.75) is 4.90 Å². The van der Waals surface area contributed by atoms with Crippen molar-refractivity contribution in [3.63, 3.8) is 0 Å². The van der Waals surface area contributed by atoms with Crippen LogP contribution < -0.4 is 4.72 Å². The van der Waals surface area contributed by atoms with Crippen LogP contribution >= 0.6 is 27.5 Å². The largest absolute Gasteiger partial charge is 0.478 e. The van der Waals surface area contributed by atoms with E-state index in [1.807, 2.05) is 0 Å². The zero-order chi connectivity index (χ0) is 15.6. The van der Waals surface area contributed by atoms with Crippen LogP contribution in [0.4, 0.5) is 5.69 Å². The second kappa shape index (κ2) is 6.05. The Morgan fingerprint density at radius 1 is 1.14 bits per heavy atom. The van der Waals surface area contributed by atoms with Crippen molar-refractivity contribution in [2.24, 2.45) is 0 Å². The highest BCUT2D eigenvalue weighted by molar-refractivity contribution is 9.10. The van der Waals surface area contributed by atoms with Crippen LogP contribution in [0.2, 0.25) is 5.02 Å². The van der Waals surface area contributed by atoms with Gasteiger partial charge in [-0.2, -0.15) is 0 Å². The van der Waals surface area contributed by atoms with E-state index in [1.54, 1.807) is 12.1 Å². The van der Waals surface area contributed by atoms with Crippen LogP contribution in [0.3, 0.4) is 0 Å². The summed E-state index contributed by atoms with van der Waals surface area (Å²) < 4.78 is 27.3. The Balaban J connectivity index is 2.41. The molecule has 0 saturated carbocycles. The van der Waals surface area contributed by atoms with Crippen molar-refractivity contribution in [3.8, 4) is 0 Å². The molecule has 0 aromatic heterocycles. The van der Waals surface area contributed by atoms with E-state index in [-0.39, 0.29) is 14.9 Å². The molecule has 0 fully saturated rings. The number of benzene rings is 2. The van der Waals surface area contributed by atoms with Crippen LogP contribution in [0.15, 0.2) is 51.8 Å². The second-order valence-electron chi connectivity index (χ2n) is 4.06. The molecular formula is C13H9BrClNO4S. The van der Waals surface area contributed by atoms with Crippen molar-refractivity contribution >= 4 is 49.2 Å². The predicted molar refractivity (Wildman–Crippen MR) is 83.4 cm³/mol. The number of sulfonamides is 1. The normalized spacial score (nSPS) is 11.1. The molecule has 0 saturated heterocycles. The molecule has 8 heteroatoms. The van der Waals surface area contributed by atoms with E-state index in [0.29, 0.717) is 10.7 Å². The van der Waals surface area contributed by atoms with Crippen LogP contribution in [-0.4, -0.2) is 19.5 Å². The Bertz CT molecular complexity index is 790. The summed E-state index contributed by atoms with van der Waals surface area (Å²) in [7, 11) is -3.92. The quantitative estimate of drug-likeness (QED) is 0.835. The zero-order valence-corrected chi connectivity index (χ0v) is 13.5. The Labute approximate surface area is 134 Å². The summed E-state index contributed by atoms with van der Waals surface area (Å²) in [6, 6.07) is 9.88. The number of anilines is 1. The van der Waals surface area contributed by atoms with Gasteiger partial charge in [0, 0.05) is 15.2 Å². The summed E-state index contributed by atoms with van der Waals surface area (Å²) in [5, 5.41) is 9.42. The van der Waals surface area contributed by atoms with E-state index in [0.717, 1.165) is 6.07 Å². The molecule has 2 aromatic carbocycles. The number of nitrogens with one attached hydrogen (secondary N) is 1. The first-order valence-electron chi connectivity index (χ1n) is 5.61. The third kappa shape index (κ3) is 3.75. The van der Waals surface area contributed by atoms with Gasteiger partial charge < -0.3 is 5.11 Å². The van der Waals surface area contributed by atoms with Crippen LogP contribution in [0.5, 0.6) is 0 Å². The lowest BCUT2D eigenvalue weighted by molar-refractivity contribution is 0.0696. The maximum atomic E-state index is 12.3. The molecule has 110 valence electrons. The van der Waals surface area contributed by atoms with Crippen molar-refractivity contribution in [1.29, 1.82) is 0 Å². The number of carboxylic acid groups (broad SMARTS) is 1. The predicted octanol–water partition coefficient (Wildman–Crippen LogP) is 3.60. The van der Waals surface area contributed by atoms with E-state index < -0.39 is 16.0 Å². The summed E-state index contributed by atoms with van der Waals surface area (Å²) in [6.07, 6.45) is 0. The van der Waals surface area contributed by atoms with E-state index in [4.69, 9.17) is 16.7 Å². The smallest absolute Gasteiger partial charge is 0.335 e. The third-order valence-corrected chi connectivity index (χ3v) is 5.19. The molecule has 0 aliphatic heterocycles. The first-order valence-corrected chi connectivity index (χ1v) is 8.26. The van der Waals surface area contributed by atoms with Gasteiger partial charge in [0.15, 0.2) is 0 Å². The molecule has 0 unspecified atom stereocenters. The molecule has 0 heterocycles. The molecule has 2 N–H and O–H groups in total. The molecule has 0 bridgehead atoms. The molecule has 0 radical (unpaired) electrons. The third-order valence-electron chi connectivity index (χ3n) is 2.56. The number of rotatable bonds is 4. The van der Waals surface area contributed by atoms with Crippen LogP contribution in [-0.2, 0) is 10.0 Å². The molecule has 5 nitrogen and oxygen atoms in total. The van der Waals surface area contributed by atoms with E-state index in [1.165, 1.54) is 24.3 Å². The molecule has 0 amide bonds. The molecule has 0 aliphatic carbocycles. The fourth-order valence-electron chi connectivity index (χ4n) is 1.57. The van der Waals surface area contributed by atoms with Gasteiger partial charge >= 0.3 is 5.97 Å². The molecule has 0 aliphatic rings. The number of halogens is 2. The molecular weight excluding hydrogens is 382 g/mol. The lowest BCUT2D eigenvalue weighted by Gasteiger charge is -2.10. The molecule has 2 rings (SSSR count). The Morgan fingerprint density at radius 2 is 1.76 bits per heavy atom. The highest BCUT2D eigenvalue weighted by atomic mass is 79.9. The van der Waals surface area contributed by atoms with Crippen molar-refractivity contribution in [3.05, 3.63) is 57.5 Å². The Hall–Kier alpha value is -1.57. The summed E-state index contributed by atoms with van der Waals surface area (Å²) in [5.41, 5.74) is 0.210. The summed E-state index contributed by atoms with van der Waals surface area (Å²) in [5.74, 6) is -1.20. The minimum atomic E-state index is -3.92. The van der Waals surface area contributed by atoms with Gasteiger partial charge in [-0.25, -0.2) is 13.2 Å².